The minimum Gasteiger partial charge on any atom is -0.497 e. The molecule has 1 aliphatic rings. The number of aliphatic imine (C=N–C) groups is 1. The van der Waals surface area contributed by atoms with Gasteiger partial charge in [-0.2, -0.15) is 0 Å². The van der Waals surface area contributed by atoms with Crippen LogP contribution >= 0.6 is 0 Å². The smallest absolute Gasteiger partial charge is 0.223 e. The first-order valence-corrected chi connectivity index (χ1v) is 10.7. The second kappa shape index (κ2) is 9.33. The highest BCUT2D eigenvalue weighted by molar-refractivity contribution is 6.12. The number of aromatic nitrogens is 1. The Balaban J connectivity index is 1.74. The van der Waals surface area contributed by atoms with E-state index >= 15 is 0 Å². The Bertz CT molecular complexity index is 1280. The molecule has 0 saturated heterocycles. The average molecular weight is 425 g/mol. The average Bonchev–Trinajstić information content (AvgIpc) is 3.40. The molecule has 4 rings (SSSR count). The van der Waals surface area contributed by atoms with Crippen LogP contribution in [-0.2, 0) is 0 Å². The fourth-order valence-corrected chi connectivity index (χ4v) is 4.16. The number of benzene rings is 2. The van der Waals surface area contributed by atoms with E-state index in [2.05, 4.69) is 41.8 Å². The maximum absolute atomic E-state index is 5.92. The van der Waals surface area contributed by atoms with Crippen LogP contribution in [0.3, 0.4) is 0 Å². The fourth-order valence-electron chi connectivity index (χ4n) is 4.16. The molecule has 162 valence electrons. The van der Waals surface area contributed by atoms with Crippen LogP contribution in [0.1, 0.15) is 24.6 Å². The summed E-state index contributed by atoms with van der Waals surface area (Å²) in [4.78, 5) is 4.95. The van der Waals surface area contributed by atoms with Crippen molar-refractivity contribution in [3.8, 4) is 11.5 Å². The fraction of sp³-hybridized carbons (Fsp3) is 0.192. The third-order valence-electron chi connectivity index (χ3n) is 5.78. The van der Waals surface area contributed by atoms with E-state index in [-0.39, 0.29) is 0 Å². The van der Waals surface area contributed by atoms with E-state index in [0.29, 0.717) is 6.54 Å². The van der Waals surface area contributed by atoms with Crippen LogP contribution in [-0.4, -0.2) is 38.9 Å². The molecule has 2 N–H and O–H groups in total. The predicted octanol–water partition coefficient (Wildman–Crippen LogP) is 4.23. The lowest BCUT2D eigenvalue weighted by Gasteiger charge is -2.11. The molecule has 1 aliphatic heterocycles. The molecule has 5 nitrogen and oxygen atoms in total. The number of methoxy groups -OCH3 is 2. The molecule has 0 saturated carbocycles. The SMILES string of the molecule is Bn1cccc1/C(CCN)=C1N=C(/C=C/c2ccc(OC)c3ccc(OC)cc23)C=C\1C. The third kappa shape index (κ3) is 4.14. The van der Waals surface area contributed by atoms with Crippen LogP contribution in [0.15, 0.2) is 77.1 Å². The zero-order valence-corrected chi connectivity index (χ0v) is 19.1. The van der Waals surface area contributed by atoms with Gasteiger partial charge in [0.25, 0.3) is 0 Å². The summed E-state index contributed by atoms with van der Waals surface area (Å²) in [6.07, 6.45) is 9.10. The van der Waals surface area contributed by atoms with Crippen molar-refractivity contribution < 1.29 is 9.47 Å². The second-order valence-corrected chi connectivity index (χ2v) is 7.84. The lowest BCUT2D eigenvalue weighted by Crippen LogP contribution is -2.05. The first-order valence-electron chi connectivity index (χ1n) is 10.7. The van der Waals surface area contributed by atoms with Gasteiger partial charge in [0.1, 0.15) is 11.5 Å². The van der Waals surface area contributed by atoms with Gasteiger partial charge in [0.15, 0.2) is 0 Å². The lowest BCUT2D eigenvalue weighted by molar-refractivity contribution is 0.414. The summed E-state index contributed by atoms with van der Waals surface area (Å²) in [5, 5.41) is 2.12. The lowest BCUT2D eigenvalue weighted by atomic mass is 10.0. The highest BCUT2D eigenvalue weighted by atomic mass is 16.5. The summed E-state index contributed by atoms with van der Waals surface area (Å²) < 4.78 is 13.1. The highest BCUT2D eigenvalue weighted by Crippen LogP contribution is 2.33. The molecule has 3 aromatic rings. The minimum atomic E-state index is 0.581. The molecule has 0 fully saturated rings. The molecule has 32 heavy (non-hydrogen) atoms. The molecule has 0 radical (unpaired) electrons. The quantitative estimate of drug-likeness (QED) is 0.577. The zero-order chi connectivity index (χ0) is 22.7. The van der Waals surface area contributed by atoms with Gasteiger partial charge in [-0.05, 0) is 91.2 Å². The van der Waals surface area contributed by atoms with Gasteiger partial charge in [-0.15, -0.1) is 0 Å². The molecule has 0 amide bonds. The van der Waals surface area contributed by atoms with Crippen LogP contribution in [0, 0.1) is 0 Å². The first-order chi connectivity index (χ1) is 15.5. The topological polar surface area (TPSA) is 61.8 Å². The van der Waals surface area contributed by atoms with Crippen molar-refractivity contribution in [2.45, 2.75) is 13.3 Å². The Morgan fingerprint density at radius 3 is 2.62 bits per heavy atom. The van der Waals surface area contributed by atoms with Crippen molar-refractivity contribution in [1.29, 1.82) is 0 Å². The van der Waals surface area contributed by atoms with E-state index in [0.717, 1.165) is 56.9 Å². The molecule has 6 heteroatoms. The number of ether oxygens (including phenoxy) is 2. The minimum absolute atomic E-state index is 0.581. The van der Waals surface area contributed by atoms with Crippen molar-refractivity contribution in [2.75, 3.05) is 20.8 Å². The van der Waals surface area contributed by atoms with E-state index in [1.54, 1.807) is 14.2 Å². The number of nitrogens with two attached hydrogens (primary N) is 1. The first kappa shape index (κ1) is 21.7. The molecule has 0 atom stereocenters. The van der Waals surface area contributed by atoms with E-state index in [1.165, 1.54) is 5.57 Å². The standard InChI is InChI=1S/C26H28BN3O2/c1-17-15-19(29-26(17)22(12-13-28)24-5-4-14-30(24)27)8-6-18-7-11-25(32-3)21-10-9-20(31-2)16-23(18)21/h4-11,14-16H,12-13,27-28H2,1-3H3/b8-6+,26-22-. The van der Waals surface area contributed by atoms with Gasteiger partial charge in [-0.3, -0.25) is 0 Å². The van der Waals surface area contributed by atoms with E-state index in [9.17, 15) is 0 Å². The maximum atomic E-state index is 5.92. The van der Waals surface area contributed by atoms with Gasteiger partial charge in [-0.25, -0.2) is 4.99 Å². The van der Waals surface area contributed by atoms with Crippen LogP contribution in [0.4, 0.5) is 0 Å². The molecular formula is C26H28BN3O2. The van der Waals surface area contributed by atoms with E-state index in [1.807, 2.05) is 44.5 Å². The van der Waals surface area contributed by atoms with E-state index in [4.69, 9.17) is 20.2 Å². The highest BCUT2D eigenvalue weighted by Gasteiger charge is 2.17. The summed E-state index contributed by atoms with van der Waals surface area (Å²) in [7, 11) is 5.42. The van der Waals surface area contributed by atoms with Crippen molar-refractivity contribution in [2.24, 2.45) is 10.7 Å². The monoisotopic (exact) mass is 425 g/mol. The van der Waals surface area contributed by atoms with Gasteiger partial charge in [-0.1, -0.05) is 12.1 Å². The molecule has 0 unspecified atom stereocenters. The number of nitrogens with zero attached hydrogens (tertiary/aromatic N) is 2. The Labute approximate surface area is 190 Å². The van der Waals surface area contributed by atoms with Crippen LogP contribution in [0.2, 0.25) is 0 Å². The summed E-state index contributed by atoms with van der Waals surface area (Å²) in [5.74, 6) is 1.65. The van der Waals surface area contributed by atoms with Crippen LogP contribution in [0.25, 0.3) is 22.4 Å². The molecule has 2 heterocycles. The van der Waals surface area contributed by atoms with E-state index < -0.39 is 0 Å². The van der Waals surface area contributed by atoms with Crippen LogP contribution in [0.5, 0.6) is 11.5 Å². The predicted molar refractivity (Wildman–Crippen MR) is 136 cm³/mol. The summed E-state index contributed by atoms with van der Waals surface area (Å²) in [6.45, 7) is 2.68. The van der Waals surface area contributed by atoms with Gasteiger partial charge in [0.2, 0.25) is 7.98 Å². The second-order valence-electron chi connectivity index (χ2n) is 7.84. The van der Waals surface area contributed by atoms with Crippen molar-refractivity contribution in [1.82, 2.24) is 4.48 Å². The number of fused-ring (bicyclic) bond motifs is 1. The molecule has 0 bridgehead atoms. The third-order valence-corrected chi connectivity index (χ3v) is 5.78. The van der Waals surface area contributed by atoms with Crippen molar-refractivity contribution in [3.05, 3.63) is 83.3 Å². The Kier molecular flexibility index (Phi) is 6.33. The molecule has 2 aromatic carbocycles. The summed E-state index contributed by atoms with van der Waals surface area (Å²) in [5.41, 5.74) is 12.4. The number of allylic oxidation sites excluding steroid dienone is 3. The number of hydrogen-bond donors (Lipinski definition) is 1. The van der Waals surface area contributed by atoms with Crippen molar-refractivity contribution >= 4 is 36.1 Å². The van der Waals surface area contributed by atoms with Gasteiger partial charge >= 0.3 is 0 Å². The summed E-state index contributed by atoms with van der Waals surface area (Å²) >= 11 is 0. The molecule has 0 spiro atoms. The number of hydrogen-bond acceptors (Lipinski definition) is 4. The number of rotatable bonds is 7. The van der Waals surface area contributed by atoms with Gasteiger partial charge in [0, 0.05) is 16.7 Å². The molecule has 0 aliphatic carbocycles. The zero-order valence-electron chi connectivity index (χ0n) is 19.1. The summed E-state index contributed by atoms with van der Waals surface area (Å²) in [6, 6.07) is 14.2. The van der Waals surface area contributed by atoms with Crippen molar-refractivity contribution in [3.63, 3.8) is 0 Å². The molecule has 1 aromatic heterocycles. The van der Waals surface area contributed by atoms with Gasteiger partial charge < -0.3 is 19.7 Å². The van der Waals surface area contributed by atoms with Crippen LogP contribution < -0.4 is 15.2 Å². The Morgan fingerprint density at radius 1 is 1.09 bits per heavy atom. The molecular weight excluding hydrogens is 397 g/mol. The Hall–Kier alpha value is -3.51. The maximum Gasteiger partial charge on any atom is 0.223 e. The Morgan fingerprint density at radius 2 is 1.94 bits per heavy atom. The largest absolute Gasteiger partial charge is 0.497 e. The normalized spacial score (nSPS) is 15.2. The van der Waals surface area contributed by atoms with Gasteiger partial charge in [0.05, 0.1) is 25.6 Å².